The summed E-state index contributed by atoms with van der Waals surface area (Å²) in [6.45, 7) is 4.31. The highest BCUT2D eigenvalue weighted by Crippen LogP contribution is 2.16. The maximum Gasteiger partial charge on any atom is 0.427 e. The van der Waals surface area contributed by atoms with Crippen LogP contribution in [0.2, 0.25) is 5.02 Å². The Kier molecular flexibility index (Phi) is 6.63. The molecule has 0 fully saturated rings. The third-order valence-corrected chi connectivity index (χ3v) is 3.43. The van der Waals surface area contributed by atoms with Crippen LogP contribution >= 0.6 is 11.6 Å². The zero-order chi connectivity index (χ0) is 17.4. The molecule has 0 spiro atoms. The third kappa shape index (κ3) is 5.59. The summed E-state index contributed by atoms with van der Waals surface area (Å²) in [6.07, 6.45) is -0.570. The van der Waals surface area contributed by atoms with Crippen LogP contribution in [0.1, 0.15) is 25.0 Å². The van der Waals surface area contributed by atoms with E-state index < -0.39 is 6.09 Å². The van der Waals surface area contributed by atoms with Crippen molar-refractivity contribution < 1.29 is 14.3 Å². The molecule has 0 saturated carbocycles. The van der Waals surface area contributed by atoms with Gasteiger partial charge in [-0.1, -0.05) is 23.7 Å². The van der Waals surface area contributed by atoms with Crippen LogP contribution in [-0.4, -0.2) is 18.4 Å². The normalized spacial score (nSPS) is 11.0. The number of nitrogens with zero attached hydrogens (tertiary/aromatic N) is 1. The zero-order valence-corrected chi connectivity index (χ0v) is 14.3. The Morgan fingerprint density at radius 1 is 1.12 bits per heavy atom. The van der Waals surface area contributed by atoms with E-state index in [1.807, 2.05) is 48.5 Å². The predicted molar refractivity (Wildman–Crippen MR) is 94.6 cm³/mol. The summed E-state index contributed by atoms with van der Waals surface area (Å²) < 4.78 is 10.5. The highest BCUT2D eigenvalue weighted by atomic mass is 35.5. The van der Waals surface area contributed by atoms with Crippen molar-refractivity contribution in [3.8, 4) is 5.75 Å². The molecule has 0 aromatic heterocycles. The molecule has 6 heteroatoms. The van der Waals surface area contributed by atoms with Crippen LogP contribution in [0.3, 0.4) is 0 Å². The van der Waals surface area contributed by atoms with Gasteiger partial charge in [0.15, 0.2) is 0 Å². The number of halogens is 1. The second-order valence-corrected chi connectivity index (χ2v) is 5.41. The van der Waals surface area contributed by atoms with Crippen molar-refractivity contribution in [2.75, 3.05) is 6.61 Å². The molecule has 0 atom stereocenters. The molecule has 24 heavy (non-hydrogen) atoms. The minimum Gasteiger partial charge on any atom is -0.489 e. The van der Waals surface area contributed by atoms with Crippen molar-refractivity contribution >= 4 is 23.4 Å². The van der Waals surface area contributed by atoms with Gasteiger partial charge in [0.25, 0.3) is 0 Å². The summed E-state index contributed by atoms with van der Waals surface area (Å²) in [5.41, 5.74) is 4.93. The highest BCUT2D eigenvalue weighted by Gasteiger charge is 2.02. The molecule has 0 aliphatic rings. The molecular formula is C18H19ClN2O3. The second-order valence-electron chi connectivity index (χ2n) is 4.97. The Labute approximate surface area is 146 Å². The fourth-order valence-electron chi connectivity index (χ4n) is 1.90. The van der Waals surface area contributed by atoms with E-state index in [1.54, 1.807) is 13.8 Å². The van der Waals surface area contributed by atoms with Gasteiger partial charge in [0.1, 0.15) is 12.4 Å². The zero-order valence-electron chi connectivity index (χ0n) is 13.6. The van der Waals surface area contributed by atoms with Crippen molar-refractivity contribution in [2.45, 2.75) is 20.5 Å². The van der Waals surface area contributed by atoms with E-state index in [0.717, 1.165) is 16.9 Å². The molecule has 1 N–H and O–H groups in total. The lowest BCUT2D eigenvalue weighted by Gasteiger charge is -2.08. The van der Waals surface area contributed by atoms with Crippen molar-refractivity contribution in [1.82, 2.24) is 5.43 Å². The first-order valence-electron chi connectivity index (χ1n) is 7.53. The lowest BCUT2D eigenvalue weighted by molar-refractivity contribution is 0.152. The van der Waals surface area contributed by atoms with Gasteiger partial charge in [-0.2, -0.15) is 5.10 Å². The number of carbonyl (C=O) groups is 1. The Balaban J connectivity index is 1.91. The third-order valence-electron chi connectivity index (χ3n) is 3.18. The summed E-state index contributed by atoms with van der Waals surface area (Å²) >= 11 is 5.85. The van der Waals surface area contributed by atoms with Crippen molar-refractivity contribution in [3.05, 3.63) is 64.7 Å². The summed E-state index contributed by atoms with van der Waals surface area (Å²) in [7, 11) is 0. The maximum atomic E-state index is 11.2. The van der Waals surface area contributed by atoms with Crippen molar-refractivity contribution in [2.24, 2.45) is 5.10 Å². The standard InChI is InChI=1S/C18H19ClN2O3/c1-3-23-18(22)21-20-13(2)15-6-10-17(11-7-15)24-12-14-4-8-16(19)9-5-14/h4-11H,3,12H2,1-2H3,(H,21,22)/b20-13+. The molecule has 0 bridgehead atoms. The number of nitrogens with one attached hydrogen (secondary N) is 1. The largest absolute Gasteiger partial charge is 0.489 e. The molecule has 0 radical (unpaired) electrons. The van der Waals surface area contributed by atoms with E-state index in [4.69, 9.17) is 21.1 Å². The molecule has 0 aliphatic heterocycles. The summed E-state index contributed by atoms with van der Waals surface area (Å²) in [6, 6.07) is 15.0. The van der Waals surface area contributed by atoms with Gasteiger partial charge in [0, 0.05) is 5.02 Å². The van der Waals surface area contributed by atoms with Crippen LogP contribution < -0.4 is 10.2 Å². The molecule has 2 aromatic carbocycles. The molecule has 0 heterocycles. The van der Waals surface area contributed by atoms with Crippen LogP contribution in [0.5, 0.6) is 5.75 Å². The SMILES string of the molecule is CCOC(=O)N/N=C(\C)c1ccc(OCc2ccc(Cl)cc2)cc1. The summed E-state index contributed by atoms with van der Waals surface area (Å²) in [5, 5.41) is 4.69. The lowest BCUT2D eigenvalue weighted by atomic mass is 10.1. The number of rotatable bonds is 6. The quantitative estimate of drug-likeness (QED) is 0.623. The Bertz CT molecular complexity index is 697. The molecule has 0 unspecified atom stereocenters. The van der Waals surface area contributed by atoms with Gasteiger partial charge < -0.3 is 9.47 Å². The van der Waals surface area contributed by atoms with E-state index in [-0.39, 0.29) is 0 Å². The smallest absolute Gasteiger partial charge is 0.427 e. The van der Waals surface area contributed by atoms with E-state index in [0.29, 0.717) is 23.9 Å². The van der Waals surface area contributed by atoms with Gasteiger partial charge in [0.2, 0.25) is 0 Å². The van der Waals surface area contributed by atoms with E-state index in [9.17, 15) is 4.79 Å². The van der Waals surface area contributed by atoms with E-state index >= 15 is 0 Å². The molecule has 5 nitrogen and oxygen atoms in total. The van der Waals surface area contributed by atoms with E-state index in [1.165, 1.54) is 0 Å². The fraction of sp³-hybridized carbons (Fsp3) is 0.222. The number of carbonyl (C=O) groups excluding carboxylic acids is 1. The molecule has 0 aliphatic carbocycles. The van der Waals surface area contributed by atoms with Gasteiger partial charge in [0.05, 0.1) is 12.3 Å². The van der Waals surface area contributed by atoms with Gasteiger partial charge in [-0.3, -0.25) is 0 Å². The van der Waals surface area contributed by atoms with Gasteiger partial charge >= 0.3 is 6.09 Å². The predicted octanol–water partition coefficient (Wildman–Crippen LogP) is 4.39. The number of hydrogen-bond acceptors (Lipinski definition) is 4. The maximum absolute atomic E-state index is 11.2. The minimum absolute atomic E-state index is 0.306. The second kappa shape index (κ2) is 8.93. The van der Waals surface area contributed by atoms with Crippen LogP contribution in [0.4, 0.5) is 4.79 Å². The fourth-order valence-corrected chi connectivity index (χ4v) is 2.02. The first-order valence-corrected chi connectivity index (χ1v) is 7.91. The monoisotopic (exact) mass is 346 g/mol. The molecular weight excluding hydrogens is 328 g/mol. The molecule has 0 saturated heterocycles. The van der Waals surface area contributed by atoms with Gasteiger partial charge in [-0.25, -0.2) is 10.2 Å². The van der Waals surface area contributed by atoms with Crippen LogP contribution in [-0.2, 0) is 11.3 Å². The highest BCUT2D eigenvalue weighted by molar-refractivity contribution is 6.30. The molecule has 2 rings (SSSR count). The molecule has 1 amide bonds. The van der Waals surface area contributed by atoms with Crippen LogP contribution in [0.15, 0.2) is 53.6 Å². The van der Waals surface area contributed by atoms with Crippen LogP contribution in [0, 0.1) is 0 Å². The number of hydrazone groups is 1. The average Bonchev–Trinajstić information content (AvgIpc) is 2.60. The number of hydrogen-bond donors (Lipinski definition) is 1. The Morgan fingerprint density at radius 2 is 1.79 bits per heavy atom. The van der Waals surface area contributed by atoms with E-state index in [2.05, 4.69) is 10.5 Å². The summed E-state index contributed by atoms with van der Waals surface area (Å²) in [5.74, 6) is 0.750. The number of benzene rings is 2. The average molecular weight is 347 g/mol. The number of ether oxygens (including phenoxy) is 2. The molecule has 2 aromatic rings. The summed E-state index contributed by atoms with van der Waals surface area (Å²) in [4.78, 5) is 11.2. The van der Waals surface area contributed by atoms with Crippen molar-refractivity contribution in [1.29, 1.82) is 0 Å². The Hall–Kier alpha value is -2.53. The van der Waals surface area contributed by atoms with Crippen LogP contribution in [0.25, 0.3) is 0 Å². The first kappa shape index (κ1) is 17.8. The van der Waals surface area contributed by atoms with Gasteiger partial charge in [-0.05, 0) is 61.4 Å². The minimum atomic E-state index is -0.570. The topological polar surface area (TPSA) is 59.9 Å². The lowest BCUT2D eigenvalue weighted by Crippen LogP contribution is -2.20. The first-order chi connectivity index (χ1) is 11.6. The Morgan fingerprint density at radius 3 is 2.42 bits per heavy atom. The number of amides is 1. The van der Waals surface area contributed by atoms with Gasteiger partial charge in [-0.15, -0.1) is 0 Å². The van der Waals surface area contributed by atoms with Crippen molar-refractivity contribution in [3.63, 3.8) is 0 Å². The molecule has 126 valence electrons.